The molecule has 3 N–H and O–H groups in total. The van der Waals surface area contributed by atoms with Gasteiger partial charge in [0.25, 0.3) is 0 Å². The molecule has 6 nitrogen and oxygen atoms in total. The van der Waals surface area contributed by atoms with Crippen molar-refractivity contribution in [1.82, 2.24) is 10.2 Å². The molecule has 0 saturated carbocycles. The summed E-state index contributed by atoms with van der Waals surface area (Å²) in [7, 11) is 0. The van der Waals surface area contributed by atoms with Crippen LogP contribution in [-0.4, -0.2) is 35.4 Å². The minimum Gasteiger partial charge on any atom is -0.470 e. The van der Waals surface area contributed by atoms with Gasteiger partial charge in [0.2, 0.25) is 5.88 Å². The molecule has 6 heteroatoms. The van der Waals surface area contributed by atoms with E-state index >= 15 is 0 Å². The third kappa shape index (κ3) is 2.84. The molecule has 1 aromatic heterocycles. The van der Waals surface area contributed by atoms with E-state index in [1.54, 1.807) is 0 Å². The fourth-order valence-corrected chi connectivity index (χ4v) is 2.28. The molecular formula is C13H20N4O2. The fraction of sp³-hybridized carbons (Fsp3) is 0.615. The van der Waals surface area contributed by atoms with Crippen LogP contribution in [0.2, 0.25) is 0 Å². The Kier molecular flexibility index (Phi) is 4.31. The standard InChI is InChI=1S/C13H20N4O2/c1-3-9-10(4-2)16-17-13(11(9)12(14)15)19-8-5-6-18-7-8/h8H,3-7H2,1-2H3,(H3,14,15). The van der Waals surface area contributed by atoms with E-state index in [2.05, 4.69) is 10.2 Å². The predicted molar refractivity (Wildman–Crippen MR) is 71.7 cm³/mol. The average molecular weight is 264 g/mol. The molecule has 1 aliphatic heterocycles. The highest BCUT2D eigenvalue weighted by atomic mass is 16.5. The summed E-state index contributed by atoms with van der Waals surface area (Å²) in [6, 6.07) is 0. The van der Waals surface area contributed by atoms with Crippen LogP contribution < -0.4 is 10.5 Å². The molecule has 104 valence electrons. The van der Waals surface area contributed by atoms with E-state index in [9.17, 15) is 0 Å². The first kappa shape index (κ1) is 13.7. The normalized spacial score (nSPS) is 18.5. The van der Waals surface area contributed by atoms with Crippen LogP contribution in [0.25, 0.3) is 0 Å². The summed E-state index contributed by atoms with van der Waals surface area (Å²) >= 11 is 0. The number of nitrogen functional groups attached to an aromatic ring is 1. The van der Waals surface area contributed by atoms with E-state index in [0.717, 1.165) is 30.5 Å². The molecule has 0 spiro atoms. The average Bonchev–Trinajstić information content (AvgIpc) is 2.90. The maximum Gasteiger partial charge on any atom is 0.245 e. The van der Waals surface area contributed by atoms with Gasteiger partial charge in [-0.25, -0.2) is 0 Å². The van der Waals surface area contributed by atoms with Gasteiger partial charge in [0.1, 0.15) is 11.9 Å². The molecule has 0 radical (unpaired) electrons. The summed E-state index contributed by atoms with van der Waals surface area (Å²) < 4.78 is 11.1. The minimum atomic E-state index is -0.0235. The Balaban J connectivity index is 2.38. The minimum absolute atomic E-state index is 0.0182. The second-order valence-corrected chi connectivity index (χ2v) is 4.53. The SMILES string of the molecule is CCc1nnc(OC2CCOC2)c(C(=N)N)c1CC. The summed E-state index contributed by atoms with van der Waals surface area (Å²) in [6.45, 7) is 5.28. The number of rotatable bonds is 5. The maximum atomic E-state index is 7.76. The number of nitrogens with one attached hydrogen (secondary N) is 1. The number of hydrogen-bond donors (Lipinski definition) is 2. The zero-order chi connectivity index (χ0) is 13.8. The quantitative estimate of drug-likeness (QED) is 0.612. The van der Waals surface area contributed by atoms with Crippen molar-refractivity contribution in [1.29, 1.82) is 5.41 Å². The van der Waals surface area contributed by atoms with Crippen molar-refractivity contribution in [3.8, 4) is 5.88 Å². The molecule has 0 bridgehead atoms. The maximum absolute atomic E-state index is 7.76. The first-order chi connectivity index (χ1) is 9.17. The molecule has 2 heterocycles. The molecule has 1 saturated heterocycles. The third-order valence-corrected chi connectivity index (χ3v) is 3.25. The van der Waals surface area contributed by atoms with Crippen molar-refractivity contribution in [2.24, 2.45) is 5.73 Å². The van der Waals surface area contributed by atoms with Crippen LogP contribution in [0.4, 0.5) is 0 Å². The molecule has 1 atom stereocenters. The van der Waals surface area contributed by atoms with Gasteiger partial charge in [-0.15, -0.1) is 5.10 Å². The van der Waals surface area contributed by atoms with Gasteiger partial charge in [-0.2, -0.15) is 5.10 Å². The van der Waals surface area contributed by atoms with Crippen molar-refractivity contribution in [2.75, 3.05) is 13.2 Å². The molecular weight excluding hydrogens is 244 g/mol. The predicted octanol–water partition coefficient (Wildman–Crippen LogP) is 1.05. The van der Waals surface area contributed by atoms with Crippen molar-refractivity contribution >= 4 is 5.84 Å². The lowest BCUT2D eigenvalue weighted by Gasteiger charge is -2.17. The number of aryl methyl sites for hydroxylation is 1. The molecule has 19 heavy (non-hydrogen) atoms. The summed E-state index contributed by atoms with van der Waals surface area (Å²) in [5.74, 6) is 0.340. The van der Waals surface area contributed by atoms with Crippen LogP contribution in [0.3, 0.4) is 0 Å². The van der Waals surface area contributed by atoms with Gasteiger partial charge in [-0.3, -0.25) is 5.41 Å². The van der Waals surface area contributed by atoms with Crippen molar-refractivity contribution in [3.05, 3.63) is 16.8 Å². The van der Waals surface area contributed by atoms with E-state index in [1.807, 2.05) is 13.8 Å². The van der Waals surface area contributed by atoms with Gasteiger partial charge < -0.3 is 15.2 Å². The zero-order valence-corrected chi connectivity index (χ0v) is 11.4. The van der Waals surface area contributed by atoms with E-state index in [0.29, 0.717) is 24.7 Å². The van der Waals surface area contributed by atoms with Crippen molar-refractivity contribution in [3.63, 3.8) is 0 Å². The second-order valence-electron chi connectivity index (χ2n) is 4.53. The van der Waals surface area contributed by atoms with Crippen LogP contribution in [0.1, 0.15) is 37.1 Å². The van der Waals surface area contributed by atoms with Crippen LogP contribution in [0.15, 0.2) is 0 Å². The van der Waals surface area contributed by atoms with Gasteiger partial charge in [-0.05, 0) is 18.4 Å². The fourth-order valence-electron chi connectivity index (χ4n) is 2.28. The Labute approximate surface area is 112 Å². The number of ether oxygens (including phenoxy) is 2. The summed E-state index contributed by atoms with van der Waals surface area (Å²) in [5.41, 5.74) is 8.11. The zero-order valence-electron chi connectivity index (χ0n) is 11.4. The Morgan fingerprint density at radius 1 is 1.42 bits per heavy atom. The second kappa shape index (κ2) is 5.97. The first-order valence-corrected chi connectivity index (χ1v) is 6.64. The number of hydrogen-bond acceptors (Lipinski definition) is 5. The largest absolute Gasteiger partial charge is 0.470 e. The molecule has 1 unspecified atom stereocenters. The Bertz CT molecular complexity index is 470. The number of amidine groups is 1. The highest BCUT2D eigenvalue weighted by molar-refractivity contribution is 5.98. The van der Waals surface area contributed by atoms with E-state index in [-0.39, 0.29) is 11.9 Å². The number of nitrogens with zero attached hydrogens (tertiary/aromatic N) is 2. The summed E-state index contributed by atoms with van der Waals surface area (Å²) in [5, 5.41) is 16.0. The molecule has 1 fully saturated rings. The van der Waals surface area contributed by atoms with E-state index < -0.39 is 0 Å². The molecule has 0 aliphatic carbocycles. The van der Waals surface area contributed by atoms with E-state index in [4.69, 9.17) is 20.6 Å². The molecule has 0 amide bonds. The third-order valence-electron chi connectivity index (χ3n) is 3.25. The van der Waals surface area contributed by atoms with Gasteiger partial charge in [0, 0.05) is 6.42 Å². The van der Waals surface area contributed by atoms with Gasteiger partial charge >= 0.3 is 0 Å². The first-order valence-electron chi connectivity index (χ1n) is 6.64. The smallest absolute Gasteiger partial charge is 0.245 e. The van der Waals surface area contributed by atoms with Crippen molar-refractivity contribution in [2.45, 2.75) is 39.2 Å². The molecule has 1 aliphatic rings. The topological polar surface area (TPSA) is 94.1 Å². The summed E-state index contributed by atoms with van der Waals surface area (Å²) in [4.78, 5) is 0. The van der Waals surface area contributed by atoms with E-state index in [1.165, 1.54) is 0 Å². The highest BCUT2D eigenvalue weighted by Crippen LogP contribution is 2.24. The lowest BCUT2D eigenvalue weighted by atomic mass is 10.0. The molecule has 0 aromatic carbocycles. The van der Waals surface area contributed by atoms with Gasteiger partial charge in [-0.1, -0.05) is 13.8 Å². The van der Waals surface area contributed by atoms with Crippen LogP contribution in [-0.2, 0) is 17.6 Å². The van der Waals surface area contributed by atoms with Gasteiger partial charge in [0.05, 0.1) is 24.5 Å². The molecule has 2 rings (SSSR count). The number of nitrogens with two attached hydrogens (primary N) is 1. The lowest BCUT2D eigenvalue weighted by molar-refractivity contribution is 0.137. The number of aromatic nitrogens is 2. The van der Waals surface area contributed by atoms with Gasteiger partial charge in [0.15, 0.2) is 0 Å². The Hall–Kier alpha value is -1.69. The Morgan fingerprint density at radius 2 is 2.21 bits per heavy atom. The Morgan fingerprint density at radius 3 is 2.74 bits per heavy atom. The summed E-state index contributed by atoms with van der Waals surface area (Å²) in [6.07, 6.45) is 2.33. The monoisotopic (exact) mass is 264 g/mol. The molecule has 1 aromatic rings. The van der Waals surface area contributed by atoms with Crippen LogP contribution in [0, 0.1) is 5.41 Å². The van der Waals surface area contributed by atoms with Crippen molar-refractivity contribution < 1.29 is 9.47 Å². The highest BCUT2D eigenvalue weighted by Gasteiger charge is 2.23. The van der Waals surface area contributed by atoms with Crippen LogP contribution >= 0.6 is 0 Å². The van der Waals surface area contributed by atoms with Crippen LogP contribution in [0.5, 0.6) is 5.88 Å². The lowest BCUT2D eigenvalue weighted by Crippen LogP contribution is -2.23.